The summed E-state index contributed by atoms with van der Waals surface area (Å²) >= 11 is 0. The summed E-state index contributed by atoms with van der Waals surface area (Å²) in [7, 11) is -2.00. The van der Waals surface area contributed by atoms with E-state index in [1.165, 1.54) is 0 Å². The number of methoxy groups -OCH3 is 1. The number of sulfonamides is 1. The molecule has 22 heavy (non-hydrogen) atoms. The summed E-state index contributed by atoms with van der Waals surface area (Å²) in [5.74, 6) is 0.639. The summed E-state index contributed by atoms with van der Waals surface area (Å²) in [5.41, 5.74) is 0.554. The molecule has 2 aromatic carbocycles. The van der Waals surface area contributed by atoms with Crippen LogP contribution in [0.4, 0.5) is 0 Å². The van der Waals surface area contributed by atoms with Crippen LogP contribution in [0.2, 0.25) is 0 Å². The standard InChI is InChI=1S/C17H19NO3S/c1-21-15-8-10-16(11-9-15)22(19,20)18-17(12-5-13-17)14-6-3-2-4-7-14/h2-4,6-11,18H,5,12-13H2,1H3. The van der Waals surface area contributed by atoms with Crippen molar-refractivity contribution >= 4 is 10.0 Å². The van der Waals surface area contributed by atoms with Gasteiger partial charge in [-0.1, -0.05) is 30.3 Å². The summed E-state index contributed by atoms with van der Waals surface area (Å²) in [6.07, 6.45) is 2.68. The van der Waals surface area contributed by atoms with E-state index < -0.39 is 15.6 Å². The molecule has 116 valence electrons. The molecule has 4 nitrogen and oxygen atoms in total. The molecule has 0 atom stereocenters. The topological polar surface area (TPSA) is 55.4 Å². The van der Waals surface area contributed by atoms with Crippen molar-refractivity contribution in [3.8, 4) is 5.75 Å². The highest BCUT2D eigenvalue weighted by Crippen LogP contribution is 2.42. The van der Waals surface area contributed by atoms with Crippen molar-refractivity contribution in [2.24, 2.45) is 0 Å². The zero-order valence-corrected chi connectivity index (χ0v) is 13.3. The highest BCUT2D eigenvalue weighted by atomic mass is 32.2. The second-order valence-corrected chi connectivity index (χ2v) is 7.27. The van der Waals surface area contributed by atoms with Gasteiger partial charge in [-0.2, -0.15) is 0 Å². The van der Waals surface area contributed by atoms with Crippen LogP contribution in [0.3, 0.4) is 0 Å². The van der Waals surface area contributed by atoms with E-state index in [2.05, 4.69) is 4.72 Å². The van der Waals surface area contributed by atoms with Crippen molar-refractivity contribution in [1.82, 2.24) is 4.72 Å². The Morgan fingerprint density at radius 1 is 1.00 bits per heavy atom. The van der Waals surface area contributed by atoms with Gasteiger partial charge in [-0.15, -0.1) is 0 Å². The van der Waals surface area contributed by atoms with Gasteiger partial charge in [0.25, 0.3) is 0 Å². The van der Waals surface area contributed by atoms with E-state index in [9.17, 15) is 8.42 Å². The second-order valence-electron chi connectivity index (χ2n) is 5.58. The molecule has 1 saturated carbocycles. The van der Waals surface area contributed by atoms with Gasteiger partial charge >= 0.3 is 0 Å². The molecule has 0 amide bonds. The molecule has 5 heteroatoms. The zero-order chi connectivity index (χ0) is 15.6. The maximum atomic E-state index is 12.7. The van der Waals surface area contributed by atoms with Crippen LogP contribution in [0.5, 0.6) is 5.75 Å². The Labute approximate surface area is 131 Å². The molecule has 1 N–H and O–H groups in total. The van der Waals surface area contributed by atoms with Gasteiger partial charge < -0.3 is 4.74 Å². The van der Waals surface area contributed by atoms with Crippen molar-refractivity contribution < 1.29 is 13.2 Å². The molecule has 0 bridgehead atoms. The number of nitrogens with one attached hydrogen (secondary N) is 1. The Balaban J connectivity index is 1.89. The smallest absolute Gasteiger partial charge is 0.241 e. The lowest BCUT2D eigenvalue weighted by molar-refractivity contribution is 0.224. The number of ether oxygens (including phenoxy) is 1. The molecule has 0 unspecified atom stereocenters. The molecule has 2 aromatic rings. The lowest BCUT2D eigenvalue weighted by Gasteiger charge is -2.42. The van der Waals surface area contributed by atoms with E-state index in [4.69, 9.17) is 4.74 Å². The average molecular weight is 317 g/mol. The molecule has 0 saturated heterocycles. The highest BCUT2D eigenvalue weighted by molar-refractivity contribution is 7.89. The van der Waals surface area contributed by atoms with E-state index in [0.29, 0.717) is 5.75 Å². The molecule has 0 spiro atoms. The molecule has 1 fully saturated rings. The largest absolute Gasteiger partial charge is 0.497 e. The SMILES string of the molecule is COc1ccc(S(=O)(=O)NC2(c3ccccc3)CCC2)cc1. The Kier molecular flexibility index (Phi) is 3.93. The molecule has 3 rings (SSSR count). The summed E-state index contributed by atoms with van der Waals surface area (Å²) < 4.78 is 33.3. The Hall–Kier alpha value is -1.85. The molecular formula is C17H19NO3S. The number of hydrogen-bond donors (Lipinski definition) is 1. The van der Waals surface area contributed by atoms with Crippen molar-refractivity contribution in [3.63, 3.8) is 0 Å². The average Bonchev–Trinajstić information content (AvgIpc) is 2.52. The maximum absolute atomic E-state index is 12.7. The fourth-order valence-electron chi connectivity index (χ4n) is 2.81. The van der Waals surface area contributed by atoms with E-state index in [0.717, 1.165) is 24.8 Å². The number of hydrogen-bond acceptors (Lipinski definition) is 3. The predicted molar refractivity (Wildman–Crippen MR) is 85.3 cm³/mol. The van der Waals surface area contributed by atoms with Gasteiger partial charge in [0.05, 0.1) is 17.5 Å². The minimum absolute atomic E-state index is 0.260. The lowest BCUT2D eigenvalue weighted by atomic mass is 9.73. The van der Waals surface area contributed by atoms with Gasteiger partial charge in [0.1, 0.15) is 5.75 Å². The second kappa shape index (κ2) is 5.74. The number of benzene rings is 2. The van der Waals surface area contributed by atoms with E-state index in [1.807, 2.05) is 30.3 Å². The van der Waals surface area contributed by atoms with Crippen LogP contribution in [0, 0.1) is 0 Å². The summed E-state index contributed by atoms with van der Waals surface area (Å²) in [6, 6.07) is 16.2. The van der Waals surface area contributed by atoms with Crippen LogP contribution in [-0.4, -0.2) is 15.5 Å². The maximum Gasteiger partial charge on any atom is 0.241 e. The van der Waals surface area contributed by atoms with Crippen LogP contribution in [0.15, 0.2) is 59.5 Å². The van der Waals surface area contributed by atoms with Crippen LogP contribution < -0.4 is 9.46 Å². The molecule has 0 radical (unpaired) electrons. The third-order valence-electron chi connectivity index (χ3n) is 4.23. The van der Waals surface area contributed by atoms with Gasteiger partial charge in [0.15, 0.2) is 0 Å². The molecular weight excluding hydrogens is 298 g/mol. The summed E-state index contributed by atoms with van der Waals surface area (Å²) in [4.78, 5) is 0.260. The van der Waals surface area contributed by atoms with Crippen LogP contribution in [0.25, 0.3) is 0 Å². The minimum Gasteiger partial charge on any atom is -0.497 e. The van der Waals surface area contributed by atoms with Gasteiger partial charge in [0, 0.05) is 0 Å². The van der Waals surface area contributed by atoms with E-state index in [-0.39, 0.29) is 4.90 Å². The van der Waals surface area contributed by atoms with Gasteiger partial charge in [-0.3, -0.25) is 0 Å². The molecule has 0 aliphatic heterocycles. The third-order valence-corrected chi connectivity index (χ3v) is 5.79. The van der Waals surface area contributed by atoms with Crippen LogP contribution in [0.1, 0.15) is 24.8 Å². The van der Waals surface area contributed by atoms with Crippen LogP contribution in [-0.2, 0) is 15.6 Å². The Bertz CT molecular complexity index is 735. The fourth-order valence-corrected chi connectivity index (χ4v) is 4.26. The van der Waals surface area contributed by atoms with Gasteiger partial charge in [0.2, 0.25) is 10.0 Å². The van der Waals surface area contributed by atoms with Crippen molar-refractivity contribution in [1.29, 1.82) is 0 Å². The third kappa shape index (κ3) is 2.74. The quantitative estimate of drug-likeness (QED) is 0.922. The summed E-state index contributed by atoms with van der Waals surface area (Å²) in [5, 5.41) is 0. The fraction of sp³-hybridized carbons (Fsp3) is 0.294. The van der Waals surface area contributed by atoms with Crippen LogP contribution >= 0.6 is 0 Å². The monoisotopic (exact) mass is 317 g/mol. The zero-order valence-electron chi connectivity index (χ0n) is 12.5. The highest BCUT2D eigenvalue weighted by Gasteiger charge is 2.42. The minimum atomic E-state index is -3.56. The molecule has 1 aliphatic carbocycles. The Morgan fingerprint density at radius 2 is 1.64 bits per heavy atom. The first-order chi connectivity index (χ1) is 10.6. The van der Waals surface area contributed by atoms with E-state index >= 15 is 0 Å². The lowest BCUT2D eigenvalue weighted by Crippen LogP contribution is -2.50. The molecule has 1 aliphatic rings. The number of rotatable bonds is 5. The first kappa shape index (κ1) is 15.1. The normalized spacial score (nSPS) is 16.8. The van der Waals surface area contributed by atoms with Gasteiger partial charge in [-0.25, -0.2) is 13.1 Å². The van der Waals surface area contributed by atoms with Crippen molar-refractivity contribution in [3.05, 3.63) is 60.2 Å². The first-order valence-corrected chi connectivity index (χ1v) is 8.78. The van der Waals surface area contributed by atoms with Gasteiger partial charge in [-0.05, 0) is 49.1 Å². The molecule has 0 aromatic heterocycles. The summed E-state index contributed by atoms with van der Waals surface area (Å²) in [6.45, 7) is 0. The van der Waals surface area contributed by atoms with E-state index in [1.54, 1.807) is 31.4 Å². The first-order valence-electron chi connectivity index (χ1n) is 7.29. The predicted octanol–water partition coefficient (Wildman–Crippen LogP) is 3.05. The van der Waals surface area contributed by atoms with Crippen molar-refractivity contribution in [2.45, 2.75) is 29.7 Å². The molecule has 0 heterocycles. The van der Waals surface area contributed by atoms with Crippen molar-refractivity contribution in [2.75, 3.05) is 7.11 Å². The Morgan fingerprint density at radius 3 is 2.14 bits per heavy atom.